The van der Waals surface area contributed by atoms with Gasteiger partial charge in [0, 0.05) is 49.7 Å². The number of halogens is 1. The molecule has 0 bridgehead atoms. The predicted octanol–water partition coefficient (Wildman–Crippen LogP) is 3.96. The number of aryl methyl sites for hydroxylation is 1. The van der Waals surface area contributed by atoms with Crippen molar-refractivity contribution in [2.45, 2.75) is 18.9 Å². The molecule has 40 heavy (non-hydrogen) atoms. The van der Waals surface area contributed by atoms with Gasteiger partial charge in [-0.05, 0) is 48.2 Å². The Morgan fingerprint density at radius 1 is 1.07 bits per heavy atom. The van der Waals surface area contributed by atoms with Gasteiger partial charge in [0.05, 0.1) is 12.4 Å². The molecule has 0 unspecified atom stereocenters. The summed E-state index contributed by atoms with van der Waals surface area (Å²) in [6, 6.07) is 18.9. The number of Topliss-reactive ketones (excluding diaryl/α,β-unsaturated/α-hetero) is 1. The van der Waals surface area contributed by atoms with Crippen LogP contribution >= 0.6 is 0 Å². The second-order valence-electron chi connectivity index (χ2n) is 9.99. The molecule has 1 atom stereocenters. The van der Waals surface area contributed by atoms with Crippen molar-refractivity contribution in [3.63, 3.8) is 0 Å². The number of rotatable bonds is 5. The normalized spacial score (nSPS) is 16.1. The molecule has 4 heterocycles. The molecule has 2 aromatic heterocycles. The second-order valence-corrected chi connectivity index (χ2v) is 9.99. The molecule has 0 radical (unpaired) electrons. The van der Waals surface area contributed by atoms with Gasteiger partial charge in [0.15, 0.2) is 5.82 Å². The molecule has 1 amide bonds. The third-order valence-electron chi connectivity index (χ3n) is 7.62. The number of carbonyl (C=O) groups excluding carboxylic acids is 2. The first-order chi connectivity index (χ1) is 19.4. The Hall–Kier alpha value is -5.04. The van der Waals surface area contributed by atoms with Gasteiger partial charge >= 0.3 is 0 Å². The number of nitriles is 1. The predicted molar refractivity (Wildman–Crippen MR) is 149 cm³/mol. The summed E-state index contributed by atoms with van der Waals surface area (Å²) < 4.78 is 14.7. The van der Waals surface area contributed by atoms with Crippen LogP contribution in [0.3, 0.4) is 0 Å². The van der Waals surface area contributed by atoms with Crippen molar-refractivity contribution in [1.29, 1.82) is 5.26 Å². The van der Waals surface area contributed by atoms with Gasteiger partial charge in [-0.15, -0.1) is 0 Å². The van der Waals surface area contributed by atoms with Gasteiger partial charge < -0.3 is 19.7 Å². The molecule has 2 aromatic carbocycles. The van der Waals surface area contributed by atoms with Gasteiger partial charge in [0.25, 0.3) is 11.7 Å². The van der Waals surface area contributed by atoms with Crippen LogP contribution < -0.4 is 15.1 Å². The Morgan fingerprint density at radius 2 is 1.85 bits per heavy atom. The van der Waals surface area contributed by atoms with E-state index in [1.807, 2.05) is 48.5 Å². The Kier molecular flexibility index (Phi) is 6.48. The van der Waals surface area contributed by atoms with E-state index in [1.165, 1.54) is 17.0 Å². The number of nitrogens with one attached hydrogen (secondary N) is 1. The monoisotopic (exact) mass is 535 g/mol. The standard InChI is InChI=1S/C30H26FN7O2/c1-36-24(15-32)14-25(19-5-3-2-4-6-19)27(36)28(39)29(40)35-22-8-10-26-20(13-22)7-9-23-18-37(11-12-38(23)26)30-33-16-21(31)17-34-30/h2-6,8,10,13-14,16-17,23H,7,9,11-12,18H2,1H3,(H,35,40)/t23-/m0/s1. The minimum absolute atomic E-state index is 0.170. The number of ketones is 1. The van der Waals surface area contributed by atoms with Crippen LogP contribution in [0.1, 0.15) is 28.2 Å². The quantitative estimate of drug-likeness (QED) is 0.305. The number of piperazine rings is 1. The lowest BCUT2D eigenvalue weighted by Crippen LogP contribution is -2.55. The van der Waals surface area contributed by atoms with E-state index >= 15 is 0 Å². The maximum Gasteiger partial charge on any atom is 0.298 e. The average Bonchev–Trinajstić information content (AvgIpc) is 3.33. The molecule has 0 aliphatic carbocycles. The van der Waals surface area contributed by atoms with Crippen molar-refractivity contribution >= 4 is 29.0 Å². The van der Waals surface area contributed by atoms with Crippen LogP contribution in [0.5, 0.6) is 0 Å². The van der Waals surface area contributed by atoms with Gasteiger partial charge in [-0.2, -0.15) is 5.26 Å². The molecule has 0 saturated carbocycles. The highest BCUT2D eigenvalue weighted by Crippen LogP contribution is 2.35. The fourth-order valence-corrected chi connectivity index (χ4v) is 5.65. The summed E-state index contributed by atoms with van der Waals surface area (Å²) >= 11 is 0. The summed E-state index contributed by atoms with van der Waals surface area (Å²) in [5, 5.41) is 12.3. The highest BCUT2D eigenvalue weighted by atomic mass is 19.1. The molecular weight excluding hydrogens is 509 g/mol. The average molecular weight is 536 g/mol. The number of fused-ring (bicyclic) bond motifs is 3. The number of carbonyl (C=O) groups is 2. The van der Waals surface area contributed by atoms with Crippen LogP contribution in [0.2, 0.25) is 0 Å². The highest BCUT2D eigenvalue weighted by molar-refractivity contribution is 6.47. The van der Waals surface area contributed by atoms with Gasteiger partial charge in [-0.1, -0.05) is 30.3 Å². The van der Waals surface area contributed by atoms with E-state index in [0.29, 0.717) is 29.4 Å². The minimum atomic E-state index is -0.760. The van der Waals surface area contributed by atoms with Crippen molar-refractivity contribution in [2.75, 3.05) is 34.8 Å². The van der Waals surface area contributed by atoms with Crippen LogP contribution in [-0.4, -0.2) is 51.9 Å². The molecule has 1 saturated heterocycles. The van der Waals surface area contributed by atoms with Crippen molar-refractivity contribution in [3.05, 3.63) is 89.8 Å². The first-order valence-electron chi connectivity index (χ1n) is 13.1. The number of hydrogen-bond donors (Lipinski definition) is 1. The maximum absolute atomic E-state index is 13.4. The molecule has 9 nitrogen and oxygen atoms in total. The van der Waals surface area contributed by atoms with E-state index in [2.05, 4.69) is 31.2 Å². The first kappa shape index (κ1) is 25.2. The Balaban J connectivity index is 1.19. The molecule has 4 aromatic rings. The van der Waals surface area contributed by atoms with Crippen LogP contribution in [0.15, 0.2) is 67.0 Å². The number of anilines is 3. The zero-order valence-corrected chi connectivity index (χ0v) is 21.8. The van der Waals surface area contributed by atoms with Crippen molar-refractivity contribution in [3.8, 4) is 17.2 Å². The van der Waals surface area contributed by atoms with E-state index in [4.69, 9.17) is 0 Å². The third kappa shape index (κ3) is 4.56. The Bertz CT molecular complexity index is 1640. The number of hydrogen-bond acceptors (Lipinski definition) is 7. The van der Waals surface area contributed by atoms with E-state index in [9.17, 15) is 19.2 Å². The van der Waals surface area contributed by atoms with E-state index in [-0.39, 0.29) is 11.7 Å². The Morgan fingerprint density at radius 3 is 2.60 bits per heavy atom. The molecule has 1 fully saturated rings. The SMILES string of the molecule is Cn1c(C#N)cc(-c2ccccc2)c1C(=O)C(=O)Nc1ccc2c(c1)CC[C@H]1CN(c3ncc(F)cn3)CCN21. The number of benzene rings is 2. The summed E-state index contributed by atoms with van der Waals surface area (Å²) in [5.74, 6) is -1.39. The fraction of sp³-hybridized carbons (Fsp3) is 0.233. The van der Waals surface area contributed by atoms with Crippen LogP contribution in [0.25, 0.3) is 11.1 Å². The van der Waals surface area contributed by atoms with Gasteiger partial charge in [0.1, 0.15) is 17.5 Å². The van der Waals surface area contributed by atoms with Gasteiger partial charge in [-0.3, -0.25) is 9.59 Å². The molecule has 0 spiro atoms. The van der Waals surface area contributed by atoms with Gasteiger partial charge in [0.2, 0.25) is 5.95 Å². The van der Waals surface area contributed by atoms with E-state index in [1.54, 1.807) is 13.1 Å². The van der Waals surface area contributed by atoms with Crippen LogP contribution in [0.4, 0.5) is 21.7 Å². The maximum atomic E-state index is 13.4. The summed E-state index contributed by atoms with van der Waals surface area (Å²) in [6.45, 7) is 2.21. The van der Waals surface area contributed by atoms with Crippen molar-refractivity contribution in [2.24, 2.45) is 7.05 Å². The molecule has 200 valence electrons. The smallest absolute Gasteiger partial charge is 0.298 e. The molecule has 6 rings (SSSR count). The summed E-state index contributed by atoms with van der Waals surface area (Å²) in [6.07, 6.45) is 4.10. The molecule has 2 aliphatic heterocycles. The molecular formula is C30H26FN7O2. The molecule has 2 aliphatic rings. The lowest BCUT2D eigenvalue weighted by molar-refractivity contribution is -0.112. The van der Waals surface area contributed by atoms with Gasteiger partial charge in [-0.25, -0.2) is 14.4 Å². The summed E-state index contributed by atoms with van der Waals surface area (Å²) in [5.41, 5.74) is 4.52. The van der Waals surface area contributed by atoms with Crippen molar-refractivity contribution < 1.29 is 14.0 Å². The van der Waals surface area contributed by atoms with Crippen LogP contribution in [-0.2, 0) is 18.3 Å². The van der Waals surface area contributed by atoms with Crippen LogP contribution in [0, 0.1) is 17.1 Å². The topological polar surface area (TPSA) is 107 Å². The zero-order valence-electron chi connectivity index (χ0n) is 21.8. The van der Waals surface area contributed by atoms with Crippen molar-refractivity contribution in [1.82, 2.24) is 14.5 Å². The second kappa shape index (κ2) is 10.3. The van der Waals surface area contributed by atoms with E-state index in [0.717, 1.165) is 42.7 Å². The largest absolute Gasteiger partial charge is 0.365 e. The zero-order chi connectivity index (χ0) is 27.8. The lowest BCUT2D eigenvalue weighted by Gasteiger charge is -2.46. The lowest BCUT2D eigenvalue weighted by atomic mass is 9.93. The highest BCUT2D eigenvalue weighted by Gasteiger charge is 2.33. The molecule has 10 heteroatoms. The molecule has 1 N–H and O–H groups in total. The number of nitrogens with zero attached hydrogens (tertiary/aromatic N) is 6. The minimum Gasteiger partial charge on any atom is -0.365 e. The number of amides is 1. The first-order valence-corrected chi connectivity index (χ1v) is 13.1. The number of aromatic nitrogens is 3. The fourth-order valence-electron chi connectivity index (χ4n) is 5.65. The summed E-state index contributed by atoms with van der Waals surface area (Å²) in [4.78, 5) is 39.2. The summed E-state index contributed by atoms with van der Waals surface area (Å²) in [7, 11) is 1.61. The Labute approximate surface area is 230 Å². The third-order valence-corrected chi connectivity index (χ3v) is 7.62. The van der Waals surface area contributed by atoms with E-state index < -0.39 is 17.5 Å².